The molecule has 0 fully saturated rings. The summed E-state index contributed by atoms with van der Waals surface area (Å²) in [5, 5.41) is 3.52. The van der Waals surface area contributed by atoms with Gasteiger partial charge < -0.3 is 10.2 Å². The Hall–Kier alpha value is -0.930. The number of benzene rings is 1. The molecule has 1 aliphatic carbocycles. The largest absolute Gasteiger partial charge is 0.309 e. The molecule has 1 aliphatic rings. The molecule has 0 aliphatic heterocycles. The minimum atomic E-state index is -0.118. The zero-order valence-corrected chi connectivity index (χ0v) is 9.96. The Balaban J connectivity index is 1.95. The van der Waals surface area contributed by atoms with Gasteiger partial charge in [-0.2, -0.15) is 0 Å². The molecule has 0 amide bonds. The molecular weight excluding hydrogens is 203 g/mol. The van der Waals surface area contributed by atoms with E-state index in [0.29, 0.717) is 6.04 Å². The van der Waals surface area contributed by atoms with Crippen LogP contribution in [-0.2, 0) is 6.42 Å². The molecule has 0 saturated heterocycles. The minimum absolute atomic E-state index is 0.118. The molecule has 1 aromatic rings. The third-order valence-electron chi connectivity index (χ3n) is 3.13. The fourth-order valence-corrected chi connectivity index (χ4v) is 2.26. The van der Waals surface area contributed by atoms with Gasteiger partial charge >= 0.3 is 0 Å². The first-order chi connectivity index (χ1) is 7.66. The molecule has 1 N–H and O–H groups in total. The fraction of sp³-hybridized carbons (Fsp3) is 0.538. The third kappa shape index (κ3) is 2.60. The number of fused-ring (bicyclic) bond motifs is 1. The van der Waals surface area contributed by atoms with Crippen LogP contribution in [0.5, 0.6) is 0 Å². The Morgan fingerprint density at radius 3 is 3.00 bits per heavy atom. The number of hydrogen-bond donors (Lipinski definition) is 1. The topological polar surface area (TPSA) is 15.3 Å². The van der Waals surface area contributed by atoms with Crippen LogP contribution in [0.15, 0.2) is 18.2 Å². The molecule has 1 atom stereocenters. The second kappa shape index (κ2) is 4.93. The summed E-state index contributed by atoms with van der Waals surface area (Å²) in [5.41, 5.74) is 2.45. The summed E-state index contributed by atoms with van der Waals surface area (Å²) in [6.45, 7) is 2.02. The van der Waals surface area contributed by atoms with Gasteiger partial charge in [-0.15, -0.1) is 0 Å². The second-order valence-electron chi connectivity index (χ2n) is 4.69. The fourth-order valence-electron chi connectivity index (χ4n) is 2.26. The van der Waals surface area contributed by atoms with Gasteiger partial charge in [-0.3, -0.25) is 0 Å². The van der Waals surface area contributed by atoms with Gasteiger partial charge in [0.1, 0.15) is 5.82 Å². The highest BCUT2D eigenvalue weighted by molar-refractivity contribution is 5.34. The molecule has 0 spiro atoms. The Morgan fingerprint density at radius 1 is 1.44 bits per heavy atom. The van der Waals surface area contributed by atoms with Crippen molar-refractivity contribution in [1.29, 1.82) is 0 Å². The van der Waals surface area contributed by atoms with E-state index in [4.69, 9.17) is 0 Å². The summed E-state index contributed by atoms with van der Waals surface area (Å²) < 4.78 is 13.0. The lowest BCUT2D eigenvalue weighted by molar-refractivity contribution is 0.384. The smallest absolute Gasteiger partial charge is 0.123 e. The third-order valence-corrected chi connectivity index (χ3v) is 3.13. The Morgan fingerprint density at radius 2 is 2.25 bits per heavy atom. The molecule has 16 heavy (non-hydrogen) atoms. The predicted molar refractivity (Wildman–Crippen MR) is 64.0 cm³/mol. The molecule has 0 bridgehead atoms. The van der Waals surface area contributed by atoms with Gasteiger partial charge in [0.2, 0.25) is 0 Å². The summed E-state index contributed by atoms with van der Waals surface area (Å²) in [5.74, 6) is -0.118. The van der Waals surface area contributed by atoms with Crippen molar-refractivity contribution in [2.24, 2.45) is 0 Å². The van der Waals surface area contributed by atoms with Gasteiger partial charge in [0.05, 0.1) is 0 Å². The Kier molecular flexibility index (Phi) is 3.56. The molecule has 3 heteroatoms. The number of nitrogens with one attached hydrogen (secondary N) is 1. The maximum atomic E-state index is 13.0. The summed E-state index contributed by atoms with van der Waals surface area (Å²) in [4.78, 5) is 2.16. The quantitative estimate of drug-likeness (QED) is 0.838. The lowest BCUT2D eigenvalue weighted by atomic mass is 10.1. The van der Waals surface area contributed by atoms with Crippen molar-refractivity contribution in [2.75, 3.05) is 27.2 Å². The molecule has 88 valence electrons. The van der Waals surface area contributed by atoms with E-state index in [1.54, 1.807) is 12.1 Å². The van der Waals surface area contributed by atoms with E-state index in [1.807, 2.05) is 6.07 Å². The van der Waals surface area contributed by atoms with Crippen molar-refractivity contribution >= 4 is 0 Å². The molecule has 1 aromatic carbocycles. The van der Waals surface area contributed by atoms with Gasteiger partial charge in [0.25, 0.3) is 0 Å². The van der Waals surface area contributed by atoms with E-state index in [9.17, 15) is 4.39 Å². The average molecular weight is 222 g/mol. The van der Waals surface area contributed by atoms with Gasteiger partial charge in [-0.1, -0.05) is 6.07 Å². The van der Waals surface area contributed by atoms with Crippen LogP contribution in [0.1, 0.15) is 23.6 Å². The van der Waals surface area contributed by atoms with Crippen LogP contribution in [0, 0.1) is 5.82 Å². The first kappa shape index (κ1) is 11.6. The molecule has 0 aromatic heterocycles. The first-order valence-electron chi connectivity index (χ1n) is 5.83. The van der Waals surface area contributed by atoms with Gasteiger partial charge in [0, 0.05) is 19.1 Å². The van der Waals surface area contributed by atoms with E-state index in [1.165, 1.54) is 11.1 Å². The van der Waals surface area contributed by atoms with Crippen molar-refractivity contribution in [3.63, 3.8) is 0 Å². The number of rotatable bonds is 4. The zero-order chi connectivity index (χ0) is 11.5. The van der Waals surface area contributed by atoms with Gasteiger partial charge in [0.15, 0.2) is 0 Å². The van der Waals surface area contributed by atoms with E-state index >= 15 is 0 Å². The van der Waals surface area contributed by atoms with Crippen LogP contribution in [0.4, 0.5) is 4.39 Å². The van der Waals surface area contributed by atoms with Crippen molar-refractivity contribution in [2.45, 2.75) is 18.9 Å². The molecule has 0 heterocycles. The number of hydrogen-bond acceptors (Lipinski definition) is 2. The maximum absolute atomic E-state index is 13.0. The highest BCUT2D eigenvalue weighted by Gasteiger charge is 2.21. The summed E-state index contributed by atoms with van der Waals surface area (Å²) >= 11 is 0. The van der Waals surface area contributed by atoms with Crippen molar-refractivity contribution in [3.05, 3.63) is 35.1 Å². The Labute approximate surface area is 96.5 Å². The normalized spacial score (nSPS) is 19.1. The molecule has 0 saturated carbocycles. The van der Waals surface area contributed by atoms with E-state index < -0.39 is 0 Å². The van der Waals surface area contributed by atoms with Crippen molar-refractivity contribution < 1.29 is 4.39 Å². The summed E-state index contributed by atoms with van der Waals surface area (Å²) in [6.07, 6.45) is 2.08. The average Bonchev–Trinajstić information content (AvgIpc) is 2.60. The predicted octanol–water partition coefficient (Wildman–Crippen LogP) is 1.96. The number of aryl methyl sites for hydroxylation is 1. The summed E-state index contributed by atoms with van der Waals surface area (Å²) in [7, 11) is 4.14. The SMILES string of the molecule is CN(C)CCNC1CCc2cc(F)ccc21. The number of likely N-dealkylation sites (N-methyl/N-ethyl adjacent to an activating group) is 1. The van der Waals surface area contributed by atoms with Crippen LogP contribution < -0.4 is 5.32 Å². The molecule has 2 nitrogen and oxygen atoms in total. The monoisotopic (exact) mass is 222 g/mol. The minimum Gasteiger partial charge on any atom is -0.309 e. The van der Waals surface area contributed by atoms with Crippen molar-refractivity contribution in [1.82, 2.24) is 10.2 Å². The van der Waals surface area contributed by atoms with E-state index in [-0.39, 0.29) is 5.82 Å². The van der Waals surface area contributed by atoms with Crippen LogP contribution in [-0.4, -0.2) is 32.1 Å². The maximum Gasteiger partial charge on any atom is 0.123 e. The van der Waals surface area contributed by atoms with Gasteiger partial charge in [-0.25, -0.2) is 4.39 Å². The van der Waals surface area contributed by atoms with Gasteiger partial charge in [-0.05, 0) is 50.2 Å². The van der Waals surface area contributed by atoms with Crippen LogP contribution in [0.25, 0.3) is 0 Å². The number of nitrogens with zero attached hydrogens (tertiary/aromatic N) is 1. The first-order valence-corrected chi connectivity index (χ1v) is 5.83. The highest BCUT2D eigenvalue weighted by atomic mass is 19.1. The lowest BCUT2D eigenvalue weighted by Crippen LogP contribution is -2.28. The van der Waals surface area contributed by atoms with Crippen LogP contribution >= 0.6 is 0 Å². The van der Waals surface area contributed by atoms with Crippen molar-refractivity contribution in [3.8, 4) is 0 Å². The standard InChI is InChI=1S/C13H19FN2/c1-16(2)8-7-15-13-6-3-10-9-11(14)4-5-12(10)13/h4-5,9,13,15H,3,6-8H2,1-2H3. The van der Waals surface area contributed by atoms with Crippen LogP contribution in [0.3, 0.4) is 0 Å². The molecule has 0 radical (unpaired) electrons. The summed E-state index contributed by atoms with van der Waals surface area (Å²) in [6, 6.07) is 5.56. The number of halogens is 1. The lowest BCUT2D eigenvalue weighted by Gasteiger charge is -2.16. The van der Waals surface area contributed by atoms with E-state index in [2.05, 4.69) is 24.3 Å². The molecule has 2 rings (SSSR count). The van der Waals surface area contributed by atoms with E-state index in [0.717, 1.165) is 25.9 Å². The highest BCUT2D eigenvalue weighted by Crippen LogP contribution is 2.31. The Bertz CT molecular complexity index is 363. The molecule has 1 unspecified atom stereocenters. The molecular formula is C13H19FN2. The van der Waals surface area contributed by atoms with Crippen LogP contribution in [0.2, 0.25) is 0 Å². The zero-order valence-electron chi connectivity index (χ0n) is 9.96. The second-order valence-corrected chi connectivity index (χ2v) is 4.69.